The predicted octanol–water partition coefficient (Wildman–Crippen LogP) is 1.80. The van der Waals surface area contributed by atoms with E-state index in [0.717, 1.165) is 5.52 Å². The summed E-state index contributed by atoms with van der Waals surface area (Å²) in [6.45, 7) is 0.528. The summed E-state index contributed by atoms with van der Waals surface area (Å²) >= 11 is 1.51. The summed E-state index contributed by atoms with van der Waals surface area (Å²) in [5, 5.41) is 8.50. The van der Waals surface area contributed by atoms with Crippen LogP contribution in [0.15, 0.2) is 33.5 Å². The van der Waals surface area contributed by atoms with Crippen molar-refractivity contribution in [3.8, 4) is 0 Å². The molecular weight excluding hydrogens is 254 g/mol. The minimum Gasteiger partial charge on any atom is -0.481 e. The van der Waals surface area contributed by atoms with Crippen molar-refractivity contribution in [3.05, 3.63) is 34.8 Å². The molecule has 0 unspecified atom stereocenters. The van der Waals surface area contributed by atoms with Crippen molar-refractivity contribution in [2.45, 2.75) is 13.0 Å². The highest BCUT2D eigenvalue weighted by molar-refractivity contribution is 7.99. The molecule has 1 N–H and O–H groups in total. The third-order valence-electron chi connectivity index (χ3n) is 2.49. The van der Waals surface area contributed by atoms with Crippen molar-refractivity contribution in [1.29, 1.82) is 0 Å². The molecule has 0 radical (unpaired) electrons. The number of carbonyl (C=O) groups is 1. The van der Waals surface area contributed by atoms with Crippen molar-refractivity contribution in [1.82, 2.24) is 4.57 Å². The first-order valence-electron chi connectivity index (χ1n) is 5.56. The Morgan fingerprint density at radius 3 is 2.89 bits per heavy atom. The fourth-order valence-corrected chi connectivity index (χ4v) is 2.48. The molecule has 6 heteroatoms. The zero-order chi connectivity index (χ0) is 13.0. The first-order valence-corrected chi connectivity index (χ1v) is 6.72. The van der Waals surface area contributed by atoms with Crippen LogP contribution in [0.3, 0.4) is 0 Å². The molecule has 0 aliphatic carbocycles. The number of carboxylic acids is 1. The Kier molecular flexibility index (Phi) is 4.09. The lowest BCUT2D eigenvalue weighted by Crippen LogP contribution is -2.15. The molecule has 0 atom stereocenters. The van der Waals surface area contributed by atoms with Gasteiger partial charge in [0.25, 0.3) is 0 Å². The SMILES string of the molecule is O=C(O)CCSCCn1c(=O)oc2ccccc21. The van der Waals surface area contributed by atoms with Gasteiger partial charge < -0.3 is 9.52 Å². The number of hydrogen-bond donors (Lipinski definition) is 1. The van der Waals surface area contributed by atoms with E-state index in [9.17, 15) is 9.59 Å². The van der Waals surface area contributed by atoms with Gasteiger partial charge in [0.1, 0.15) is 0 Å². The summed E-state index contributed by atoms with van der Waals surface area (Å²) in [5.74, 6) is 0.0831. The van der Waals surface area contributed by atoms with E-state index in [1.165, 1.54) is 11.8 Å². The third kappa shape index (κ3) is 2.95. The number of aliphatic carboxylic acids is 1. The molecule has 0 spiro atoms. The molecule has 2 aromatic rings. The van der Waals surface area contributed by atoms with Crippen LogP contribution < -0.4 is 5.76 Å². The van der Waals surface area contributed by atoms with E-state index in [4.69, 9.17) is 9.52 Å². The van der Waals surface area contributed by atoms with Crippen molar-refractivity contribution >= 4 is 28.8 Å². The first kappa shape index (κ1) is 12.8. The van der Waals surface area contributed by atoms with Gasteiger partial charge in [-0.15, -0.1) is 0 Å². The number of thioether (sulfide) groups is 1. The summed E-state index contributed by atoms with van der Waals surface area (Å²) in [5.41, 5.74) is 1.36. The number of fused-ring (bicyclic) bond motifs is 1. The summed E-state index contributed by atoms with van der Waals surface area (Å²) in [6, 6.07) is 7.26. The van der Waals surface area contributed by atoms with Crippen molar-refractivity contribution in [2.75, 3.05) is 11.5 Å². The van der Waals surface area contributed by atoms with E-state index in [0.29, 0.717) is 23.6 Å². The van der Waals surface area contributed by atoms with Crippen LogP contribution in [0.1, 0.15) is 6.42 Å². The summed E-state index contributed by atoms with van der Waals surface area (Å²) in [7, 11) is 0. The molecule has 1 aromatic carbocycles. The van der Waals surface area contributed by atoms with Crippen molar-refractivity contribution < 1.29 is 14.3 Å². The van der Waals surface area contributed by atoms with Crippen LogP contribution in [0, 0.1) is 0 Å². The predicted molar refractivity (Wildman–Crippen MR) is 70.1 cm³/mol. The number of oxazole rings is 1. The minimum atomic E-state index is -0.798. The normalized spacial score (nSPS) is 10.9. The van der Waals surface area contributed by atoms with Crippen LogP contribution in [0.25, 0.3) is 11.1 Å². The van der Waals surface area contributed by atoms with Crippen LogP contribution in [0.5, 0.6) is 0 Å². The summed E-state index contributed by atoms with van der Waals surface area (Å²) < 4.78 is 6.67. The van der Waals surface area contributed by atoms with Crippen LogP contribution in [0.2, 0.25) is 0 Å². The van der Waals surface area contributed by atoms with E-state index >= 15 is 0 Å². The van der Waals surface area contributed by atoms with Gasteiger partial charge in [0.15, 0.2) is 5.58 Å². The molecule has 2 rings (SSSR count). The molecule has 0 amide bonds. The Bertz CT molecular complexity index is 601. The highest BCUT2D eigenvalue weighted by Crippen LogP contribution is 2.12. The van der Waals surface area contributed by atoms with Crippen molar-refractivity contribution in [2.24, 2.45) is 0 Å². The number of aromatic nitrogens is 1. The van der Waals surface area contributed by atoms with E-state index in [1.807, 2.05) is 18.2 Å². The quantitative estimate of drug-likeness (QED) is 0.808. The van der Waals surface area contributed by atoms with Gasteiger partial charge in [-0.3, -0.25) is 9.36 Å². The van der Waals surface area contributed by atoms with Gasteiger partial charge in [-0.1, -0.05) is 12.1 Å². The largest absolute Gasteiger partial charge is 0.481 e. The Hall–Kier alpha value is -1.69. The molecular formula is C12H13NO4S. The molecule has 1 heterocycles. The maximum Gasteiger partial charge on any atom is 0.419 e. The lowest BCUT2D eigenvalue weighted by molar-refractivity contribution is -0.136. The third-order valence-corrected chi connectivity index (χ3v) is 3.46. The number of hydrogen-bond acceptors (Lipinski definition) is 4. The first-order chi connectivity index (χ1) is 8.68. The van der Waals surface area contributed by atoms with Crippen LogP contribution >= 0.6 is 11.8 Å². The second-order valence-corrected chi connectivity index (χ2v) is 4.97. The van der Waals surface area contributed by atoms with Gasteiger partial charge in [-0.05, 0) is 12.1 Å². The molecule has 0 aliphatic heterocycles. The molecule has 96 valence electrons. The lowest BCUT2D eigenvalue weighted by Gasteiger charge is -2.01. The smallest absolute Gasteiger partial charge is 0.419 e. The van der Waals surface area contributed by atoms with Gasteiger partial charge in [-0.2, -0.15) is 11.8 Å². The lowest BCUT2D eigenvalue weighted by atomic mass is 10.3. The average Bonchev–Trinajstić information content (AvgIpc) is 2.65. The van der Waals surface area contributed by atoms with Crippen LogP contribution in [-0.4, -0.2) is 27.1 Å². The number of nitrogens with zero attached hydrogens (tertiary/aromatic N) is 1. The molecule has 0 saturated carbocycles. The highest BCUT2D eigenvalue weighted by Gasteiger charge is 2.07. The number of aryl methyl sites for hydroxylation is 1. The number of rotatable bonds is 6. The molecule has 0 bridgehead atoms. The second-order valence-electron chi connectivity index (χ2n) is 3.74. The maximum absolute atomic E-state index is 11.6. The summed E-state index contributed by atoms with van der Waals surface area (Å²) in [6.07, 6.45) is 0.145. The Balaban J connectivity index is 1.97. The zero-order valence-corrected chi connectivity index (χ0v) is 10.5. The second kappa shape index (κ2) is 5.77. The highest BCUT2D eigenvalue weighted by atomic mass is 32.2. The molecule has 18 heavy (non-hydrogen) atoms. The van der Waals surface area contributed by atoms with E-state index in [2.05, 4.69) is 0 Å². The summed E-state index contributed by atoms with van der Waals surface area (Å²) in [4.78, 5) is 21.9. The van der Waals surface area contributed by atoms with E-state index < -0.39 is 5.97 Å². The molecule has 0 saturated heterocycles. The fraction of sp³-hybridized carbons (Fsp3) is 0.333. The zero-order valence-electron chi connectivity index (χ0n) is 9.67. The Morgan fingerprint density at radius 2 is 2.11 bits per heavy atom. The standard InChI is InChI=1S/C12H13NO4S/c14-11(15)5-7-18-8-6-13-9-3-1-2-4-10(9)17-12(13)16/h1-4H,5-8H2,(H,14,15). The van der Waals surface area contributed by atoms with E-state index in [-0.39, 0.29) is 12.2 Å². The van der Waals surface area contributed by atoms with Crippen LogP contribution in [0.4, 0.5) is 0 Å². The Labute approximate surface area is 107 Å². The Morgan fingerprint density at radius 1 is 1.33 bits per heavy atom. The monoisotopic (exact) mass is 267 g/mol. The number of carboxylic acid groups (broad SMARTS) is 1. The molecule has 0 aliphatic rings. The van der Waals surface area contributed by atoms with Gasteiger partial charge in [0.05, 0.1) is 11.9 Å². The number of para-hydroxylation sites is 2. The van der Waals surface area contributed by atoms with Gasteiger partial charge in [0, 0.05) is 18.1 Å². The molecule has 5 nitrogen and oxygen atoms in total. The van der Waals surface area contributed by atoms with E-state index in [1.54, 1.807) is 10.6 Å². The molecule has 1 aromatic heterocycles. The average molecular weight is 267 g/mol. The topological polar surface area (TPSA) is 72.4 Å². The molecule has 0 fully saturated rings. The number of benzene rings is 1. The van der Waals surface area contributed by atoms with Gasteiger partial charge in [0.2, 0.25) is 0 Å². The van der Waals surface area contributed by atoms with Gasteiger partial charge in [-0.25, -0.2) is 4.79 Å². The minimum absolute atomic E-state index is 0.145. The van der Waals surface area contributed by atoms with Crippen LogP contribution in [-0.2, 0) is 11.3 Å². The fourth-order valence-electron chi connectivity index (χ4n) is 1.64. The maximum atomic E-state index is 11.6. The van der Waals surface area contributed by atoms with Crippen molar-refractivity contribution in [3.63, 3.8) is 0 Å². The van der Waals surface area contributed by atoms with Gasteiger partial charge >= 0.3 is 11.7 Å².